The van der Waals surface area contributed by atoms with Crippen LogP contribution < -0.4 is 5.73 Å². The summed E-state index contributed by atoms with van der Waals surface area (Å²) in [4.78, 5) is 34.8. The zero-order valence-electron chi connectivity index (χ0n) is 34.4. The molecule has 9 nitrogen and oxygen atoms in total. The fraction of sp³-hybridized carbons (Fsp3) is 0.644. The van der Waals surface area contributed by atoms with Crippen molar-refractivity contribution in [1.29, 1.82) is 0 Å². The summed E-state index contributed by atoms with van der Waals surface area (Å²) < 4.78 is 32.7. The highest BCUT2D eigenvalue weighted by Gasteiger charge is 2.25. The number of carbonyl (C=O) groups is 2. The van der Waals surface area contributed by atoms with E-state index >= 15 is 0 Å². The molecule has 0 radical (unpaired) electrons. The summed E-state index contributed by atoms with van der Waals surface area (Å²) in [6, 6.07) is 0. The third kappa shape index (κ3) is 40.7. The molecule has 3 N–H and O–H groups in total. The Kier molecular flexibility index (Phi) is 38.8. The van der Waals surface area contributed by atoms with E-state index in [9.17, 15) is 19.0 Å². The average Bonchev–Trinajstić information content (AvgIpc) is 3.17. The Morgan fingerprint density at radius 1 is 0.564 bits per heavy atom. The SMILES string of the molecule is CC/C=C/C=C/C=C/C=C/CCCCCC(=O)OC(COC(=O)CCCCCCCCCCCCC/C=C/C/C=C/C/C=C/CC)COP(=O)(O)OCCN. The van der Waals surface area contributed by atoms with E-state index in [1.165, 1.54) is 51.4 Å². The Morgan fingerprint density at radius 2 is 1.04 bits per heavy atom. The van der Waals surface area contributed by atoms with Crippen LogP contribution in [0.2, 0.25) is 0 Å². The molecule has 0 aromatic carbocycles. The Morgan fingerprint density at radius 3 is 1.64 bits per heavy atom. The lowest BCUT2D eigenvalue weighted by atomic mass is 10.0. The largest absolute Gasteiger partial charge is 0.472 e. The summed E-state index contributed by atoms with van der Waals surface area (Å²) in [5, 5.41) is 0. The average molecular weight is 790 g/mol. The van der Waals surface area contributed by atoms with Crippen molar-refractivity contribution in [3.8, 4) is 0 Å². The Hall–Kier alpha value is -2.81. The lowest BCUT2D eigenvalue weighted by molar-refractivity contribution is -0.161. The fourth-order valence-electron chi connectivity index (χ4n) is 5.31. The van der Waals surface area contributed by atoms with Crippen LogP contribution in [0.1, 0.15) is 155 Å². The van der Waals surface area contributed by atoms with Crippen LogP contribution >= 0.6 is 7.82 Å². The van der Waals surface area contributed by atoms with Gasteiger partial charge >= 0.3 is 19.8 Å². The van der Waals surface area contributed by atoms with Crippen molar-refractivity contribution in [2.24, 2.45) is 5.73 Å². The molecule has 0 heterocycles. The number of hydrogen-bond donors (Lipinski definition) is 2. The van der Waals surface area contributed by atoms with Crippen LogP contribution in [0.25, 0.3) is 0 Å². The van der Waals surface area contributed by atoms with E-state index in [-0.39, 0.29) is 32.6 Å². The van der Waals surface area contributed by atoms with Gasteiger partial charge in [0.25, 0.3) is 0 Å². The Labute approximate surface area is 334 Å². The van der Waals surface area contributed by atoms with Crippen LogP contribution in [-0.2, 0) is 32.7 Å². The van der Waals surface area contributed by atoms with Crippen LogP contribution in [0.4, 0.5) is 0 Å². The lowest BCUT2D eigenvalue weighted by Crippen LogP contribution is -2.29. The van der Waals surface area contributed by atoms with Crippen molar-refractivity contribution in [2.75, 3.05) is 26.4 Å². The van der Waals surface area contributed by atoms with Gasteiger partial charge < -0.3 is 20.1 Å². The monoisotopic (exact) mass is 790 g/mol. The summed E-state index contributed by atoms with van der Waals surface area (Å²) in [5.41, 5.74) is 5.34. The topological polar surface area (TPSA) is 134 Å². The van der Waals surface area contributed by atoms with E-state index in [1.807, 2.05) is 36.5 Å². The van der Waals surface area contributed by atoms with Gasteiger partial charge in [0.2, 0.25) is 0 Å². The molecule has 0 aliphatic carbocycles. The van der Waals surface area contributed by atoms with Gasteiger partial charge in [-0.05, 0) is 64.2 Å². The van der Waals surface area contributed by atoms with Gasteiger partial charge in [-0.25, -0.2) is 4.57 Å². The molecule has 0 saturated heterocycles. The van der Waals surface area contributed by atoms with Gasteiger partial charge in [0.1, 0.15) is 6.61 Å². The summed E-state index contributed by atoms with van der Waals surface area (Å²) in [5.74, 6) is -0.886. The van der Waals surface area contributed by atoms with Gasteiger partial charge in [-0.3, -0.25) is 18.6 Å². The number of carbonyl (C=O) groups excluding carboxylic acids is 2. The summed E-state index contributed by atoms with van der Waals surface area (Å²) >= 11 is 0. The summed E-state index contributed by atoms with van der Waals surface area (Å²) in [6.45, 7) is 3.41. The second-order valence-corrected chi connectivity index (χ2v) is 15.0. The molecule has 314 valence electrons. The van der Waals surface area contributed by atoms with Crippen molar-refractivity contribution in [1.82, 2.24) is 0 Å². The van der Waals surface area contributed by atoms with E-state index in [2.05, 4.69) is 62.5 Å². The number of hydrogen-bond acceptors (Lipinski definition) is 8. The first-order valence-electron chi connectivity index (χ1n) is 21.1. The van der Waals surface area contributed by atoms with Crippen LogP contribution in [-0.4, -0.2) is 49.3 Å². The van der Waals surface area contributed by atoms with E-state index < -0.39 is 32.5 Å². The maximum Gasteiger partial charge on any atom is 0.472 e. The van der Waals surface area contributed by atoms with Crippen LogP contribution in [0.3, 0.4) is 0 Å². The second-order valence-electron chi connectivity index (χ2n) is 13.5. The summed E-state index contributed by atoms with van der Waals surface area (Å²) in [7, 11) is -4.39. The van der Waals surface area contributed by atoms with Gasteiger partial charge in [-0.15, -0.1) is 0 Å². The van der Waals surface area contributed by atoms with Crippen molar-refractivity contribution in [2.45, 2.75) is 161 Å². The Bertz CT molecular complexity index is 1170. The number of unbranched alkanes of at least 4 members (excludes halogenated alkanes) is 14. The minimum Gasteiger partial charge on any atom is -0.462 e. The number of esters is 2. The van der Waals surface area contributed by atoms with Crippen LogP contribution in [0.15, 0.2) is 85.1 Å². The molecule has 0 amide bonds. The van der Waals surface area contributed by atoms with E-state index in [0.717, 1.165) is 70.6 Å². The predicted octanol–water partition coefficient (Wildman–Crippen LogP) is 12.0. The molecule has 0 bridgehead atoms. The maximum atomic E-state index is 12.5. The van der Waals surface area contributed by atoms with E-state index in [0.29, 0.717) is 6.42 Å². The first-order valence-corrected chi connectivity index (χ1v) is 22.6. The normalized spacial score (nSPS) is 14.2. The number of nitrogens with two attached hydrogens (primary N) is 1. The maximum absolute atomic E-state index is 12.5. The predicted molar refractivity (Wildman–Crippen MR) is 229 cm³/mol. The molecule has 0 rings (SSSR count). The molecule has 0 spiro atoms. The Balaban J connectivity index is 4.16. The van der Waals surface area contributed by atoms with Crippen molar-refractivity contribution >= 4 is 19.8 Å². The molecule has 0 aromatic heterocycles. The fourth-order valence-corrected chi connectivity index (χ4v) is 6.07. The van der Waals surface area contributed by atoms with Gasteiger partial charge in [0, 0.05) is 19.4 Å². The molecule has 2 unspecified atom stereocenters. The quantitative estimate of drug-likeness (QED) is 0.0206. The van der Waals surface area contributed by atoms with E-state index in [1.54, 1.807) is 0 Å². The molecule has 0 aliphatic rings. The molecule has 0 aliphatic heterocycles. The molecule has 10 heteroatoms. The van der Waals surface area contributed by atoms with Gasteiger partial charge in [-0.2, -0.15) is 0 Å². The zero-order chi connectivity index (χ0) is 40.3. The summed E-state index contributed by atoms with van der Waals surface area (Å²) in [6.07, 6.45) is 50.5. The molecule has 0 fully saturated rings. The third-order valence-corrected chi connectivity index (χ3v) is 9.36. The highest BCUT2D eigenvalue weighted by atomic mass is 31.2. The van der Waals surface area contributed by atoms with Gasteiger partial charge in [0.15, 0.2) is 6.10 Å². The van der Waals surface area contributed by atoms with Gasteiger partial charge in [0.05, 0.1) is 13.2 Å². The number of ether oxygens (including phenoxy) is 2. The van der Waals surface area contributed by atoms with E-state index in [4.69, 9.17) is 24.3 Å². The molecule has 0 saturated carbocycles. The number of allylic oxidation sites excluding steroid dienone is 14. The minimum atomic E-state index is -4.39. The van der Waals surface area contributed by atoms with Crippen molar-refractivity contribution < 1.29 is 37.6 Å². The first-order chi connectivity index (χ1) is 26.8. The standard InChI is InChI=1S/C45H76NO8P/c1-3-5-7-9-11-13-15-17-18-19-20-21-22-23-24-26-27-29-31-33-35-37-44(47)51-41-43(42-53-55(49,50)52-40-39-46)54-45(48)38-36-34-32-30-28-25-16-14-12-10-8-6-4-2/h5-8,10-14,16-18,25,28,43H,3-4,9,15,19-24,26-27,29-42,46H2,1-2H3,(H,49,50)/b7-5+,8-6+,12-10+,13-11+,16-14+,18-17+,28-25+. The van der Waals surface area contributed by atoms with Gasteiger partial charge in [-0.1, -0.05) is 163 Å². The lowest BCUT2D eigenvalue weighted by Gasteiger charge is -2.19. The molecular weight excluding hydrogens is 713 g/mol. The number of phosphoric acid groups is 1. The highest BCUT2D eigenvalue weighted by Crippen LogP contribution is 2.43. The van der Waals surface area contributed by atoms with Crippen molar-refractivity contribution in [3.63, 3.8) is 0 Å². The van der Waals surface area contributed by atoms with Crippen molar-refractivity contribution in [3.05, 3.63) is 85.1 Å². The minimum absolute atomic E-state index is 0.0418. The smallest absolute Gasteiger partial charge is 0.462 e. The van der Waals surface area contributed by atoms with Crippen LogP contribution in [0.5, 0.6) is 0 Å². The molecular formula is C45H76NO8P. The first kappa shape index (κ1) is 52.2. The highest BCUT2D eigenvalue weighted by molar-refractivity contribution is 7.47. The molecule has 0 aromatic rings. The molecule has 55 heavy (non-hydrogen) atoms. The zero-order valence-corrected chi connectivity index (χ0v) is 35.3. The number of rotatable bonds is 38. The van der Waals surface area contributed by atoms with Crippen LogP contribution in [0, 0.1) is 0 Å². The third-order valence-electron chi connectivity index (χ3n) is 8.37. The molecule has 2 atom stereocenters. The number of phosphoric ester groups is 1. The second kappa shape index (κ2) is 40.8.